The van der Waals surface area contributed by atoms with Crippen molar-refractivity contribution in [2.45, 2.75) is 38.2 Å². The van der Waals surface area contributed by atoms with Gasteiger partial charge in [0.25, 0.3) is 0 Å². The molecule has 0 amide bonds. The summed E-state index contributed by atoms with van der Waals surface area (Å²) in [5.41, 5.74) is 0. The van der Waals surface area contributed by atoms with Gasteiger partial charge in [-0.25, -0.2) is 4.79 Å². The van der Waals surface area contributed by atoms with Crippen LogP contribution >= 0.6 is 0 Å². The molecule has 3 N–H and O–H groups in total. The molecule has 1 unspecified atom stereocenters. The van der Waals surface area contributed by atoms with Gasteiger partial charge in [-0.05, 0) is 32.1 Å². The number of rotatable bonds is 9. The summed E-state index contributed by atoms with van der Waals surface area (Å²) in [6, 6.07) is 0. The van der Waals surface area contributed by atoms with Gasteiger partial charge in [-0.3, -0.25) is 0 Å². The highest BCUT2D eigenvalue weighted by molar-refractivity contribution is 5.80. The monoisotopic (exact) mass is 228 g/mol. The fraction of sp³-hybridized carbons (Fsp3) is 0.583. The van der Waals surface area contributed by atoms with Gasteiger partial charge >= 0.3 is 5.97 Å². The number of aliphatic hydroxyl groups excluding tert-OH is 2. The molecular weight excluding hydrogens is 208 g/mol. The van der Waals surface area contributed by atoms with Crippen molar-refractivity contribution in [1.29, 1.82) is 0 Å². The summed E-state index contributed by atoms with van der Waals surface area (Å²) in [5, 5.41) is 26.3. The van der Waals surface area contributed by atoms with Crippen molar-refractivity contribution in [3.8, 4) is 0 Å². The Bertz CT molecular complexity index is 233. The fourth-order valence-corrected chi connectivity index (χ4v) is 1.24. The van der Waals surface area contributed by atoms with Gasteiger partial charge in [0, 0.05) is 12.7 Å². The maximum atomic E-state index is 10.1. The topological polar surface area (TPSA) is 77.8 Å². The Balaban J connectivity index is 3.46. The maximum Gasteiger partial charge on any atom is 0.328 e. The van der Waals surface area contributed by atoms with E-state index in [1.807, 2.05) is 6.08 Å². The molecule has 0 aliphatic rings. The van der Waals surface area contributed by atoms with Crippen LogP contribution in [0.25, 0.3) is 0 Å². The Kier molecular flexibility index (Phi) is 9.66. The zero-order valence-electron chi connectivity index (χ0n) is 9.38. The third kappa shape index (κ3) is 10.9. The molecule has 0 bridgehead atoms. The molecule has 0 rings (SSSR count). The van der Waals surface area contributed by atoms with Gasteiger partial charge in [-0.1, -0.05) is 18.2 Å². The number of hydrogen-bond donors (Lipinski definition) is 3. The Morgan fingerprint density at radius 1 is 1.19 bits per heavy atom. The van der Waals surface area contributed by atoms with Crippen molar-refractivity contribution < 1.29 is 20.1 Å². The summed E-state index contributed by atoms with van der Waals surface area (Å²) >= 11 is 0. The second kappa shape index (κ2) is 10.4. The van der Waals surface area contributed by atoms with Gasteiger partial charge in [-0.2, -0.15) is 0 Å². The molecule has 92 valence electrons. The van der Waals surface area contributed by atoms with E-state index in [1.165, 1.54) is 6.08 Å². The Morgan fingerprint density at radius 2 is 1.94 bits per heavy atom. The number of allylic oxidation sites excluding steroid dienone is 3. The van der Waals surface area contributed by atoms with Crippen LogP contribution in [0.5, 0.6) is 0 Å². The van der Waals surface area contributed by atoms with Crippen molar-refractivity contribution in [2.24, 2.45) is 0 Å². The molecule has 0 heterocycles. The van der Waals surface area contributed by atoms with E-state index in [0.29, 0.717) is 12.8 Å². The highest BCUT2D eigenvalue weighted by atomic mass is 16.4. The quantitative estimate of drug-likeness (QED) is 0.317. The summed E-state index contributed by atoms with van der Waals surface area (Å²) in [6.07, 6.45) is 9.35. The first-order chi connectivity index (χ1) is 7.66. The predicted octanol–water partition coefficient (Wildman–Crippen LogP) is 1.49. The zero-order valence-corrected chi connectivity index (χ0v) is 9.38. The molecule has 0 saturated heterocycles. The van der Waals surface area contributed by atoms with Crippen LogP contribution in [0.3, 0.4) is 0 Å². The molecular formula is C12H20O4. The average molecular weight is 228 g/mol. The van der Waals surface area contributed by atoms with Crippen molar-refractivity contribution in [3.05, 3.63) is 24.3 Å². The lowest BCUT2D eigenvalue weighted by Gasteiger charge is -2.07. The SMILES string of the molecule is O=C(O)C=CC=CCCC(O)CCCCO. The zero-order chi connectivity index (χ0) is 12.2. The van der Waals surface area contributed by atoms with E-state index >= 15 is 0 Å². The van der Waals surface area contributed by atoms with Crippen molar-refractivity contribution in [2.75, 3.05) is 6.61 Å². The molecule has 0 aliphatic carbocycles. The van der Waals surface area contributed by atoms with Crippen LogP contribution in [-0.4, -0.2) is 34.0 Å². The summed E-state index contributed by atoms with van der Waals surface area (Å²) in [4.78, 5) is 10.1. The third-order valence-electron chi connectivity index (χ3n) is 2.10. The Hall–Kier alpha value is -1.13. The average Bonchev–Trinajstić information content (AvgIpc) is 2.23. The third-order valence-corrected chi connectivity index (χ3v) is 2.10. The summed E-state index contributed by atoms with van der Waals surface area (Å²) in [6.45, 7) is 0.173. The van der Waals surface area contributed by atoms with Crippen LogP contribution in [0.1, 0.15) is 32.1 Å². The van der Waals surface area contributed by atoms with E-state index < -0.39 is 5.97 Å². The largest absolute Gasteiger partial charge is 0.478 e. The smallest absolute Gasteiger partial charge is 0.328 e. The number of carboxylic acid groups (broad SMARTS) is 1. The lowest BCUT2D eigenvalue weighted by Crippen LogP contribution is -2.05. The van der Waals surface area contributed by atoms with Crippen LogP contribution in [-0.2, 0) is 4.79 Å². The molecule has 0 saturated carbocycles. The van der Waals surface area contributed by atoms with Crippen LogP contribution < -0.4 is 0 Å². The molecule has 4 heteroatoms. The first-order valence-electron chi connectivity index (χ1n) is 5.52. The molecule has 4 nitrogen and oxygen atoms in total. The van der Waals surface area contributed by atoms with E-state index in [4.69, 9.17) is 10.2 Å². The highest BCUT2D eigenvalue weighted by Gasteiger charge is 2.01. The molecule has 0 aromatic carbocycles. The minimum Gasteiger partial charge on any atom is -0.478 e. The van der Waals surface area contributed by atoms with E-state index in [9.17, 15) is 9.90 Å². The number of carbonyl (C=O) groups is 1. The van der Waals surface area contributed by atoms with Gasteiger partial charge in [0.05, 0.1) is 6.10 Å². The number of unbranched alkanes of at least 4 members (excludes halogenated alkanes) is 1. The maximum absolute atomic E-state index is 10.1. The lowest BCUT2D eigenvalue weighted by molar-refractivity contribution is -0.131. The first-order valence-corrected chi connectivity index (χ1v) is 5.52. The summed E-state index contributed by atoms with van der Waals surface area (Å²) in [7, 11) is 0. The summed E-state index contributed by atoms with van der Waals surface area (Å²) < 4.78 is 0. The van der Waals surface area contributed by atoms with Gasteiger partial charge < -0.3 is 15.3 Å². The van der Waals surface area contributed by atoms with Crippen molar-refractivity contribution >= 4 is 5.97 Å². The minimum atomic E-state index is -0.964. The molecule has 0 aromatic rings. The van der Waals surface area contributed by atoms with Crippen LogP contribution in [0.15, 0.2) is 24.3 Å². The molecule has 0 spiro atoms. The second-order valence-corrected chi connectivity index (χ2v) is 3.58. The van der Waals surface area contributed by atoms with E-state index in [-0.39, 0.29) is 12.7 Å². The molecule has 0 radical (unpaired) electrons. The van der Waals surface area contributed by atoms with Gasteiger partial charge in [-0.15, -0.1) is 0 Å². The number of hydrogen-bond acceptors (Lipinski definition) is 3. The molecule has 0 aliphatic heterocycles. The van der Waals surface area contributed by atoms with E-state index in [2.05, 4.69) is 0 Å². The van der Waals surface area contributed by atoms with Gasteiger partial charge in [0.1, 0.15) is 0 Å². The number of aliphatic hydroxyl groups is 2. The molecule has 1 atom stereocenters. The summed E-state index contributed by atoms with van der Waals surface area (Å²) in [5.74, 6) is -0.964. The highest BCUT2D eigenvalue weighted by Crippen LogP contribution is 2.06. The second-order valence-electron chi connectivity index (χ2n) is 3.58. The van der Waals surface area contributed by atoms with Crippen LogP contribution in [0, 0.1) is 0 Å². The Labute approximate surface area is 95.9 Å². The van der Waals surface area contributed by atoms with Crippen LogP contribution in [0.4, 0.5) is 0 Å². The number of carboxylic acids is 1. The standard InChI is InChI=1S/C12H20O4/c13-10-6-5-8-11(14)7-3-1-2-4-9-12(15)16/h1-2,4,9,11,13-14H,3,5-8,10H2,(H,15,16). The predicted molar refractivity (Wildman–Crippen MR) is 62.1 cm³/mol. The minimum absolute atomic E-state index is 0.173. The van der Waals surface area contributed by atoms with Crippen molar-refractivity contribution in [1.82, 2.24) is 0 Å². The molecule has 16 heavy (non-hydrogen) atoms. The molecule has 0 fully saturated rings. The van der Waals surface area contributed by atoms with E-state index in [1.54, 1.807) is 6.08 Å². The van der Waals surface area contributed by atoms with Crippen LogP contribution in [0.2, 0.25) is 0 Å². The van der Waals surface area contributed by atoms with Crippen molar-refractivity contribution in [3.63, 3.8) is 0 Å². The van der Waals surface area contributed by atoms with E-state index in [0.717, 1.165) is 25.3 Å². The fourth-order valence-electron chi connectivity index (χ4n) is 1.24. The number of aliphatic carboxylic acids is 1. The van der Waals surface area contributed by atoms with Gasteiger partial charge in [0.2, 0.25) is 0 Å². The van der Waals surface area contributed by atoms with Gasteiger partial charge in [0.15, 0.2) is 0 Å². The Morgan fingerprint density at radius 3 is 2.56 bits per heavy atom. The first kappa shape index (κ1) is 14.9. The lowest BCUT2D eigenvalue weighted by atomic mass is 10.1. The normalized spacial score (nSPS) is 13.6. The molecule has 0 aromatic heterocycles.